The minimum absolute atomic E-state index is 1.09. The van der Waals surface area contributed by atoms with Crippen molar-refractivity contribution in [2.24, 2.45) is 0 Å². The summed E-state index contributed by atoms with van der Waals surface area (Å²) in [5, 5.41) is 8.03. The predicted molar refractivity (Wildman–Crippen MR) is 287 cm³/mol. The molecule has 2 nitrogen and oxygen atoms in total. The van der Waals surface area contributed by atoms with E-state index < -0.39 is 8.07 Å². The molecule has 0 N–H and O–H groups in total. The normalized spacial score (nSPS) is 12.6. The van der Waals surface area contributed by atoms with Crippen molar-refractivity contribution in [1.82, 2.24) is 0 Å². The molecule has 0 atom stereocenters. The summed E-state index contributed by atoms with van der Waals surface area (Å²) in [5.74, 6) is 0. The fraction of sp³-hybridized carbons (Fsp3) is 0. The van der Waals surface area contributed by atoms with E-state index >= 15 is 0 Å². The molecule has 1 aliphatic heterocycles. The number of fused-ring (bicyclic) bond motifs is 3. The Morgan fingerprint density at radius 1 is 0.299 bits per heavy atom. The van der Waals surface area contributed by atoms with E-state index in [1.807, 2.05) is 0 Å². The van der Waals surface area contributed by atoms with Crippen LogP contribution in [0.4, 0.5) is 34.1 Å². The molecule has 0 radical (unpaired) electrons. The number of para-hydroxylation sites is 2. The van der Waals surface area contributed by atoms with Crippen LogP contribution in [0.25, 0.3) is 44.2 Å². The lowest BCUT2D eigenvalue weighted by molar-refractivity contribution is 1.28. The number of benzene rings is 11. The van der Waals surface area contributed by atoms with E-state index in [-0.39, 0.29) is 0 Å². The van der Waals surface area contributed by atoms with Crippen molar-refractivity contribution in [3.05, 3.63) is 279 Å². The molecule has 0 amide bonds. The summed E-state index contributed by atoms with van der Waals surface area (Å²) in [6.07, 6.45) is 0. The molecule has 0 bridgehead atoms. The van der Waals surface area contributed by atoms with Gasteiger partial charge in [0.1, 0.15) is 0 Å². The second-order valence-electron chi connectivity index (χ2n) is 17.3. The Balaban J connectivity index is 0.983. The van der Waals surface area contributed by atoms with Crippen molar-refractivity contribution >= 4 is 73.7 Å². The molecular formula is C64H46N2Si. The summed E-state index contributed by atoms with van der Waals surface area (Å²) >= 11 is 0. The van der Waals surface area contributed by atoms with Crippen LogP contribution in [0.2, 0.25) is 0 Å². The van der Waals surface area contributed by atoms with Crippen LogP contribution < -0.4 is 30.5 Å². The number of anilines is 6. The summed E-state index contributed by atoms with van der Waals surface area (Å²) in [6.45, 7) is 0. The predicted octanol–water partition coefficient (Wildman–Crippen LogP) is 14.5. The summed E-state index contributed by atoms with van der Waals surface area (Å²) in [5.41, 5.74) is 14.0. The molecule has 0 saturated carbocycles. The molecule has 0 saturated heterocycles. The van der Waals surface area contributed by atoms with Gasteiger partial charge in [0.25, 0.3) is 0 Å². The van der Waals surface area contributed by atoms with Gasteiger partial charge in [0.15, 0.2) is 8.07 Å². The second-order valence-corrected chi connectivity index (χ2v) is 21.0. The molecule has 1 heterocycles. The van der Waals surface area contributed by atoms with E-state index in [2.05, 4.69) is 289 Å². The minimum atomic E-state index is -2.79. The maximum Gasteiger partial charge on any atom is 0.184 e. The van der Waals surface area contributed by atoms with Gasteiger partial charge in [0.05, 0.1) is 0 Å². The van der Waals surface area contributed by atoms with Gasteiger partial charge in [-0.2, -0.15) is 0 Å². The molecule has 3 heteroatoms. The number of rotatable bonds is 9. The van der Waals surface area contributed by atoms with Gasteiger partial charge >= 0.3 is 0 Å². The second kappa shape index (κ2) is 17.1. The van der Waals surface area contributed by atoms with E-state index in [1.54, 1.807) is 0 Å². The van der Waals surface area contributed by atoms with Gasteiger partial charge in [-0.1, -0.05) is 218 Å². The third kappa shape index (κ3) is 7.05. The number of hydrogen-bond donors (Lipinski definition) is 0. The van der Waals surface area contributed by atoms with Crippen LogP contribution in [0, 0.1) is 0 Å². The molecule has 0 unspecified atom stereocenters. The van der Waals surface area contributed by atoms with Gasteiger partial charge in [-0.25, -0.2) is 0 Å². The van der Waals surface area contributed by atoms with Gasteiger partial charge in [0.2, 0.25) is 0 Å². The van der Waals surface area contributed by atoms with Crippen LogP contribution >= 0.6 is 0 Å². The lowest BCUT2D eigenvalue weighted by Gasteiger charge is -2.45. The van der Waals surface area contributed by atoms with E-state index in [4.69, 9.17) is 0 Å². The van der Waals surface area contributed by atoms with Gasteiger partial charge in [0, 0.05) is 34.1 Å². The van der Waals surface area contributed by atoms with Crippen molar-refractivity contribution < 1.29 is 0 Å². The molecule has 0 aliphatic carbocycles. The Labute approximate surface area is 394 Å². The highest BCUT2D eigenvalue weighted by Gasteiger charge is 2.48. The minimum Gasteiger partial charge on any atom is -0.311 e. The molecular weight excluding hydrogens is 825 g/mol. The quantitative estimate of drug-likeness (QED) is 0.133. The lowest BCUT2D eigenvalue weighted by atomic mass is 9.98. The average Bonchev–Trinajstić information content (AvgIpc) is 3.41. The standard InChI is InChI=1S/C64H46N2Si/c1-5-18-47(19-6-1)48-32-39-54(40-33-48)65(56-43-36-51(37-44-56)60-29-17-21-50-20-13-14-28-59(50)60)55-41-34-49(35-42-55)52-38-45-64-62(46-52)66(53-22-7-2-8-23-53)61-30-15-16-31-63(61)67(64,57-24-9-3-10-25-57)58-26-11-4-12-27-58/h1-46H. The maximum absolute atomic E-state index is 2.79. The van der Waals surface area contributed by atoms with E-state index in [0.717, 1.165) is 28.3 Å². The zero-order valence-corrected chi connectivity index (χ0v) is 38.0. The molecule has 67 heavy (non-hydrogen) atoms. The fourth-order valence-corrected chi connectivity index (χ4v) is 15.5. The first-order valence-electron chi connectivity index (χ1n) is 23.1. The van der Waals surface area contributed by atoms with E-state index in [0.29, 0.717) is 0 Å². The smallest absolute Gasteiger partial charge is 0.184 e. The molecule has 1 aliphatic rings. The van der Waals surface area contributed by atoms with Crippen LogP contribution in [-0.4, -0.2) is 8.07 Å². The van der Waals surface area contributed by atoms with Gasteiger partial charge in [-0.05, 0) is 126 Å². The monoisotopic (exact) mass is 870 g/mol. The lowest BCUT2D eigenvalue weighted by Crippen LogP contribution is -2.77. The summed E-state index contributed by atoms with van der Waals surface area (Å²) < 4.78 is 0. The van der Waals surface area contributed by atoms with E-state index in [1.165, 1.54) is 70.7 Å². The van der Waals surface area contributed by atoms with Crippen LogP contribution in [0.5, 0.6) is 0 Å². The Morgan fingerprint density at radius 3 is 1.37 bits per heavy atom. The van der Waals surface area contributed by atoms with Crippen molar-refractivity contribution in [3.8, 4) is 33.4 Å². The van der Waals surface area contributed by atoms with Gasteiger partial charge < -0.3 is 9.80 Å². The third-order valence-corrected chi connectivity index (χ3v) is 18.4. The highest BCUT2D eigenvalue weighted by Crippen LogP contribution is 2.42. The number of hydrogen-bond acceptors (Lipinski definition) is 2. The molecule has 316 valence electrons. The fourth-order valence-electron chi connectivity index (χ4n) is 10.4. The van der Waals surface area contributed by atoms with Crippen molar-refractivity contribution in [2.75, 3.05) is 9.80 Å². The van der Waals surface area contributed by atoms with Gasteiger partial charge in [-0.15, -0.1) is 0 Å². The summed E-state index contributed by atoms with van der Waals surface area (Å²) in [7, 11) is -2.79. The van der Waals surface area contributed by atoms with Crippen molar-refractivity contribution in [3.63, 3.8) is 0 Å². The highest BCUT2D eigenvalue weighted by atomic mass is 28.3. The van der Waals surface area contributed by atoms with E-state index in [9.17, 15) is 0 Å². The first-order chi connectivity index (χ1) is 33.2. The van der Waals surface area contributed by atoms with Crippen LogP contribution in [0.15, 0.2) is 279 Å². The third-order valence-electron chi connectivity index (χ3n) is 13.5. The Kier molecular flexibility index (Phi) is 10.2. The van der Waals surface area contributed by atoms with Crippen LogP contribution in [0.1, 0.15) is 0 Å². The topological polar surface area (TPSA) is 6.48 Å². The zero-order chi connectivity index (χ0) is 44.6. The molecule has 11 aromatic carbocycles. The Morgan fingerprint density at radius 2 is 0.746 bits per heavy atom. The maximum atomic E-state index is 2.49. The summed E-state index contributed by atoms with van der Waals surface area (Å²) in [4.78, 5) is 4.86. The zero-order valence-electron chi connectivity index (χ0n) is 37.0. The van der Waals surface area contributed by atoms with Crippen LogP contribution in [0.3, 0.4) is 0 Å². The van der Waals surface area contributed by atoms with Crippen molar-refractivity contribution in [2.45, 2.75) is 0 Å². The molecule has 0 fully saturated rings. The highest BCUT2D eigenvalue weighted by molar-refractivity contribution is 7.21. The van der Waals surface area contributed by atoms with Crippen LogP contribution in [-0.2, 0) is 0 Å². The molecule has 11 aromatic rings. The number of nitrogens with zero attached hydrogens (tertiary/aromatic N) is 2. The Hall–Kier alpha value is -8.50. The average molecular weight is 871 g/mol. The first kappa shape index (κ1) is 40.0. The van der Waals surface area contributed by atoms with Crippen molar-refractivity contribution in [1.29, 1.82) is 0 Å². The SMILES string of the molecule is c1ccc(-c2ccc(N(c3ccc(-c4ccc5c(c4)N(c4ccccc4)c4ccccc4[Si]5(c4ccccc4)c4ccccc4)cc3)c3ccc(-c4cccc5ccccc45)cc3)cc2)cc1. The molecule has 0 spiro atoms. The largest absolute Gasteiger partial charge is 0.311 e. The molecule has 0 aromatic heterocycles. The van der Waals surface area contributed by atoms with Gasteiger partial charge in [-0.3, -0.25) is 0 Å². The first-order valence-corrected chi connectivity index (χ1v) is 25.1. The molecule has 12 rings (SSSR count). The Bertz CT molecular complexity index is 3440. The summed E-state index contributed by atoms with van der Waals surface area (Å²) in [6, 6.07) is 103.